The first-order chi connectivity index (χ1) is 8.22. The Morgan fingerprint density at radius 2 is 2.12 bits per heavy atom. The molecule has 1 heterocycles. The average molecular weight is 229 g/mol. The number of rotatable bonds is 4. The Morgan fingerprint density at radius 1 is 1.29 bits per heavy atom. The Morgan fingerprint density at radius 3 is 2.71 bits per heavy atom. The minimum Gasteiger partial charge on any atom is -0.223 e. The average Bonchev–Trinajstić information content (AvgIpc) is 2.82. The van der Waals surface area contributed by atoms with Gasteiger partial charge in [-0.1, -0.05) is 33.3 Å². The molecule has 2 aromatic rings. The Bertz CT molecular complexity index is 472. The van der Waals surface area contributed by atoms with Gasteiger partial charge in [-0.05, 0) is 35.6 Å². The van der Waals surface area contributed by atoms with Crippen LogP contribution in [0.2, 0.25) is 0 Å². The molecule has 3 nitrogen and oxygen atoms in total. The Labute approximate surface area is 103 Å². The summed E-state index contributed by atoms with van der Waals surface area (Å²) in [6.07, 6.45) is 5.59. The van der Waals surface area contributed by atoms with Crippen LogP contribution in [-0.4, -0.2) is 14.8 Å². The molecule has 0 atom stereocenters. The fourth-order valence-electron chi connectivity index (χ4n) is 2.13. The molecular weight excluding hydrogens is 210 g/mol. The van der Waals surface area contributed by atoms with Crippen LogP contribution in [0.4, 0.5) is 0 Å². The molecule has 0 bridgehead atoms. The third kappa shape index (κ3) is 2.54. The quantitative estimate of drug-likeness (QED) is 0.805. The Kier molecular flexibility index (Phi) is 3.57. The van der Waals surface area contributed by atoms with Crippen molar-refractivity contribution >= 4 is 0 Å². The summed E-state index contributed by atoms with van der Waals surface area (Å²) >= 11 is 0. The van der Waals surface area contributed by atoms with Crippen LogP contribution >= 0.6 is 0 Å². The third-order valence-electron chi connectivity index (χ3n) is 2.95. The normalized spacial score (nSPS) is 11.1. The third-order valence-corrected chi connectivity index (χ3v) is 2.95. The van der Waals surface area contributed by atoms with Gasteiger partial charge in [0.1, 0.15) is 12.7 Å². The van der Waals surface area contributed by atoms with E-state index in [1.807, 2.05) is 4.68 Å². The van der Waals surface area contributed by atoms with Crippen LogP contribution < -0.4 is 0 Å². The van der Waals surface area contributed by atoms with Gasteiger partial charge in [-0.3, -0.25) is 0 Å². The van der Waals surface area contributed by atoms with Crippen molar-refractivity contribution in [3.63, 3.8) is 0 Å². The second-order valence-corrected chi connectivity index (χ2v) is 4.63. The molecule has 0 saturated heterocycles. The summed E-state index contributed by atoms with van der Waals surface area (Å²) in [5, 5.41) is 4.17. The fraction of sp³-hybridized carbons (Fsp3) is 0.429. The molecule has 0 radical (unpaired) electrons. The zero-order valence-electron chi connectivity index (χ0n) is 10.7. The van der Waals surface area contributed by atoms with Crippen LogP contribution in [0.25, 0.3) is 5.69 Å². The maximum absolute atomic E-state index is 4.17. The van der Waals surface area contributed by atoms with Crippen molar-refractivity contribution in [2.45, 2.75) is 39.5 Å². The lowest BCUT2D eigenvalue weighted by Gasteiger charge is -2.14. The predicted octanol–water partition coefficient (Wildman–Crippen LogP) is 3.34. The first-order valence-electron chi connectivity index (χ1n) is 6.20. The number of aryl methyl sites for hydroxylation is 1. The molecule has 0 N–H and O–H groups in total. The van der Waals surface area contributed by atoms with Gasteiger partial charge in [0, 0.05) is 0 Å². The van der Waals surface area contributed by atoms with Gasteiger partial charge in [-0.15, -0.1) is 0 Å². The van der Waals surface area contributed by atoms with Crippen LogP contribution in [0.15, 0.2) is 30.9 Å². The monoisotopic (exact) mass is 229 g/mol. The van der Waals surface area contributed by atoms with Crippen LogP contribution in [0.3, 0.4) is 0 Å². The molecule has 3 heteroatoms. The fourth-order valence-corrected chi connectivity index (χ4v) is 2.13. The summed E-state index contributed by atoms with van der Waals surface area (Å²) in [5.74, 6) is 0.571. The van der Waals surface area contributed by atoms with Gasteiger partial charge in [0.25, 0.3) is 0 Å². The van der Waals surface area contributed by atoms with E-state index in [0.717, 1.165) is 12.1 Å². The smallest absolute Gasteiger partial charge is 0.138 e. The SMILES string of the molecule is CCCc1cc(-n2cncn2)ccc1C(C)C. The maximum atomic E-state index is 4.17. The summed E-state index contributed by atoms with van der Waals surface area (Å²) in [5.41, 5.74) is 3.96. The van der Waals surface area contributed by atoms with Gasteiger partial charge in [-0.25, -0.2) is 9.67 Å². The van der Waals surface area contributed by atoms with Gasteiger partial charge in [-0.2, -0.15) is 5.10 Å². The van der Waals surface area contributed by atoms with E-state index in [2.05, 4.69) is 49.1 Å². The highest BCUT2D eigenvalue weighted by Crippen LogP contribution is 2.23. The summed E-state index contributed by atoms with van der Waals surface area (Å²) in [7, 11) is 0. The number of hydrogen-bond acceptors (Lipinski definition) is 2. The van der Waals surface area contributed by atoms with E-state index in [1.165, 1.54) is 17.5 Å². The Balaban J connectivity index is 2.42. The highest BCUT2D eigenvalue weighted by molar-refractivity contribution is 5.41. The summed E-state index contributed by atoms with van der Waals surface area (Å²) in [6, 6.07) is 6.56. The van der Waals surface area contributed by atoms with E-state index >= 15 is 0 Å². The Hall–Kier alpha value is -1.64. The van der Waals surface area contributed by atoms with Gasteiger partial charge in [0.05, 0.1) is 5.69 Å². The van der Waals surface area contributed by atoms with E-state index in [4.69, 9.17) is 0 Å². The molecule has 0 unspecified atom stereocenters. The second-order valence-electron chi connectivity index (χ2n) is 4.63. The predicted molar refractivity (Wildman–Crippen MR) is 69.4 cm³/mol. The lowest BCUT2D eigenvalue weighted by molar-refractivity contribution is 0.811. The zero-order chi connectivity index (χ0) is 12.3. The molecule has 0 amide bonds. The minimum atomic E-state index is 0.571. The van der Waals surface area contributed by atoms with Crippen LogP contribution in [0.5, 0.6) is 0 Å². The number of nitrogens with zero attached hydrogens (tertiary/aromatic N) is 3. The van der Waals surface area contributed by atoms with Crippen molar-refractivity contribution in [3.8, 4) is 5.69 Å². The molecule has 0 aliphatic rings. The molecular formula is C14H19N3. The number of benzene rings is 1. The molecule has 0 fully saturated rings. The van der Waals surface area contributed by atoms with E-state index in [-0.39, 0.29) is 0 Å². The number of aromatic nitrogens is 3. The van der Waals surface area contributed by atoms with Gasteiger partial charge in [0.2, 0.25) is 0 Å². The van der Waals surface area contributed by atoms with Crippen molar-refractivity contribution < 1.29 is 0 Å². The van der Waals surface area contributed by atoms with E-state index in [0.29, 0.717) is 5.92 Å². The van der Waals surface area contributed by atoms with Gasteiger partial charge < -0.3 is 0 Å². The van der Waals surface area contributed by atoms with Crippen molar-refractivity contribution in [3.05, 3.63) is 42.0 Å². The summed E-state index contributed by atoms with van der Waals surface area (Å²) in [6.45, 7) is 6.69. The van der Waals surface area contributed by atoms with Crippen molar-refractivity contribution in [1.29, 1.82) is 0 Å². The van der Waals surface area contributed by atoms with Crippen molar-refractivity contribution in [2.75, 3.05) is 0 Å². The topological polar surface area (TPSA) is 30.7 Å². The van der Waals surface area contributed by atoms with E-state index in [9.17, 15) is 0 Å². The van der Waals surface area contributed by atoms with E-state index in [1.54, 1.807) is 12.7 Å². The largest absolute Gasteiger partial charge is 0.223 e. The lowest BCUT2D eigenvalue weighted by atomic mass is 9.94. The molecule has 2 rings (SSSR count). The highest BCUT2D eigenvalue weighted by Gasteiger charge is 2.08. The lowest BCUT2D eigenvalue weighted by Crippen LogP contribution is -2.01. The maximum Gasteiger partial charge on any atom is 0.138 e. The standard InChI is InChI=1S/C14H19N3/c1-4-5-12-8-13(17-10-15-9-16-17)6-7-14(12)11(2)3/h6-11H,4-5H2,1-3H3. The molecule has 1 aromatic heterocycles. The molecule has 0 spiro atoms. The second kappa shape index (κ2) is 5.13. The van der Waals surface area contributed by atoms with Gasteiger partial charge >= 0.3 is 0 Å². The van der Waals surface area contributed by atoms with Gasteiger partial charge in [0.15, 0.2) is 0 Å². The molecule has 1 aromatic carbocycles. The van der Waals surface area contributed by atoms with E-state index < -0.39 is 0 Å². The molecule has 17 heavy (non-hydrogen) atoms. The molecule has 0 aliphatic carbocycles. The zero-order valence-corrected chi connectivity index (χ0v) is 10.7. The summed E-state index contributed by atoms with van der Waals surface area (Å²) in [4.78, 5) is 3.98. The van der Waals surface area contributed by atoms with Crippen molar-refractivity contribution in [2.24, 2.45) is 0 Å². The molecule has 0 saturated carbocycles. The van der Waals surface area contributed by atoms with Crippen molar-refractivity contribution in [1.82, 2.24) is 14.8 Å². The molecule has 0 aliphatic heterocycles. The first kappa shape index (κ1) is 11.8. The van der Waals surface area contributed by atoms with Crippen LogP contribution in [0.1, 0.15) is 44.2 Å². The number of hydrogen-bond donors (Lipinski definition) is 0. The minimum absolute atomic E-state index is 0.571. The first-order valence-corrected chi connectivity index (χ1v) is 6.20. The molecule has 90 valence electrons. The summed E-state index contributed by atoms with van der Waals surface area (Å²) < 4.78 is 1.81. The highest BCUT2D eigenvalue weighted by atomic mass is 15.3. The van der Waals surface area contributed by atoms with Crippen LogP contribution in [0, 0.1) is 0 Å². The van der Waals surface area contributed by atoms with Crippen LogP contribution in [-0.2, 0) is 6.42 Å².